The number of hydrogen-bond donors (Lipinski definition) is 0. The fraction of sp³-hybridized carbons (Fsp3) is 0.310. The number of nitrogens with zero attached hydrogens (tertiary/aromatic N) is 5. The van der Waals surface area contributed by atoms with Crippen molar-refractivity contribution in [2.75, 3.05) is 13.1 Å². The van der Waals surface area contributed by atoms with Crippen LogP contribution >= 0.6 is 11.3 Å². The SMILES string of the molecule is CC(C)(C)n1ncc(-c2nc(C3CCN(C(=O)c4ccc(C#N)cc4)CC3)cs2)c1-c1ccc(F)cc1. The van der Waals surface area contributed by atoms with E-state index < -0.39 is 0 Å². The minimum atomic E-state index is -0.271. The lowest BCUT2D eigenvalue weighted by Crippen LogP contribution is -2.38. The Labute approximate surface area is 220 Å². The lowest BCUT2D eigenvalue weighted by atomic mass is 9.93. The highest BCUT2D eigenvalue weighted by Gasteiger charge is 2.28. The molecule has 0 bridgehead atoms. The van der Waals surface area contributed by atoms with Gasteiger partial charge in [-0.1, -0.05) is 0 Å². The molecule has 0 radical (unpaired) electrons. The molecule has 0 saturated carbocycles. The van der Waals surface area contributed by atoms with E-state index in [2.05, 4.69) is 37.3 Å². The molecule has 1 saturated heterocycles. The number of rotatable bonds is 4. The number of benzene rings is 2. The summed E-state index contributed by atoms with van der Waals surface area (Å²) in [5.41, 5.74) is 4.70. The highest BCUT2D eigenvalue weighted by Crippen LogP contribution is 2.39. The van der Waals surface area contributed by atoms with E-state index in [4.69, 9.17) is 10.2 Å². The molecule has 1 fully saturated rings. The maximum Gasteiger partial charge on any atom is 0.253 e. The minimum absolute atomic E-state index is 0.000408. The third-order valence-electron chi connectivity index (χ3n) is 6.74. The maximum absolute atomic E-state index is 13.6. The first-order valence-electron chi connectivity index (χ1n) is 12.3. The van der Waals surface area contributed by atoms with Crippen molar-refractivity contribution < 1.29 is 9.18 Å². The van der Waals surface area contributed by atoms with Crippen molar-refractivity contribution in [1.82, 2.24) is 19.7 Å². The van der Waals surface area contributed by atoms with Crippen LogP contribution in [0.2, 0.25) is 0 Å². The van der Waals surface area contributed by atoms with Gasteiger partial charge in [-0.25, -0.2) is 9.37 Å². The Balaban J connectivity index is 1.34. The monoisotopic (exact) mass is 513 g/mol. The van der Waals surface area contributed by atoms with Gasteiger partial charge in [-0.3, -0.25) is 9.48 Å². The summed E-state index contributed by atoms with van der Waals surface area (Å²) in [5, 5.41) is 16.7. The summed E-state index contributed by atoms with van der Waals surface area (Å²) >= 11 is 1.59. The summed E-state index contributed by atoms with van der Waals surface area (Å²) < 4.78 is 15.6. The maximum atomic E-state index is 13.6. The topological polar surface area (TPSA) is 74.8 Å². The van der Waals surface area contributed by atoms with Crippen LogP contribution in [-0.4, -0.2) is 38.7 Å². The molecule has 0 spiro atoms. The number of halogens is 1. The van der Waals surface area contributed by atoms with Crippen molar-refractivity contribution in [2.45, 2.75) is 45.1 Å². The quantitative estimate of drug-likeness (QED) is 0.314. The number of carbonyl (C=O) groups excluding carboxylic acids is 1. The zero-order valence-electron chi connectivity index (χ0n) is 21.1. The lowest BCUT2D eigenvalue weighted by molar-refractivity contribution is 0.0712. The third-order valence-corrected chi connectivity index (χ3v) is 7.63. The second kappa shape index (κ2) is 9.91. The van der Waals surface area contributed by atoms with Crippen molar-refractivity contribution in [3.63, 3.8) is 0 Å². The van der Waals surface area contributed by atoms with E-state index in [1.54, 1.807) is 47.7 Å². The van der Waals surface area contributed by atoms with Gasteiger partial charge in [-0.2, -0.15) is 10.4 Å². The Morgan fingerprint density at radius 2 is 1.76 bits per heavy atom. The molecule has 188 valence electrons. The molecule has 5 rings (SSSR count). The zero-order chi connectivity index (χ0) is 26.2. The van der Waals surface area contributed by atoms with Crippen LogP contribution in [0, 0.1) is 17.1 Å². The van der Waals surface area contributed by atoms with E-state index in [1.165, 1.54) is 12.1 Å². The predicted molar refractivity (Wildman–Crippen MR) is 143 cm³/mol. The van der Waals surface area contributed by atoms with Crippen molar-refractivity contribution >= 4 is 17.2 Å². The van der Waals surface area contributed by atoms with Gasteiger partial charge in [0.25, 0.3) is 5.91 Å². The largest absolute Gasteiger partial charge is 0.339 e. The number of hydrogen-bond acceptors (Lipinski definition) is 5. The van der Waals surface area contributed by atoms with Crippen LogP contribution in [0.5, 0.6) is 0 Å². The molecule has 0 aliphatic carbocycles. The number of thiazole rings is 1. The summed E-state index contributed by atoms with van der Waals surface area (Å²) in [7, 11) is 0. The van der Waals surface area contributed by atoms with E-state index >= 15 is 0 Å². The Bertz CT molecular complexity index is 1450. The van der Waals surface area contributed by atoms with Gasteiger partial charge in [0, 0.05) is 35.5 Å². The van der Waals surface area contributed by atoms with Crippen LogP contribution in [0.3, 0.4) is 0 Å². The first-order valence-corrected chi connectivity index (χ1v) is 13.2. The zero-order valence-corrected chi connectivity index (χ0v) is 21.9. The molecule has 2 aromatic heterocycles. The molecule has 0 unspecified atom stereocenters. The molecule has 3 heterocycles. The van der Waals surface area contributed by atoms with Gasteiger partial charge in [-0.15, -0.1) is 11.3 Å². The fourth-order valence-corrected chi connectivity index (χ4v) is 5.66. The van der Waals surface area contributed by atoms with E-state index in [1.807, 2.05) is 15.8 Å². The number of piperidine rings is 1. The summed E-state index contributed by atoms with van der Waals surface area (Å²) in [6, 6.07) is 15.4. The number of aromatic nitrogens is 3. The summed E-state index contributed by atoms with van der Waals surface area (Å²) in [5.74, 6) is 0.00931. The van der Waals surface area contributed by atoms with E-state index in [-0.39, 0.29) is 23.2 Å². The molecule has 1 aliphatic rings. The standard InChI is InChI=1S/C29H28FN5OS/c1-29(2,3)35-26(21-8-10-23(30)11-9-21)24(17-32-35)27-33-25(18-37-27)20-12-14-34(15-13-20)28(36)22-6-4-19(16-31)5-7-22/h4-11,17-18,20H,12-15H2,1-3H3. The normalized spacial score (nSPS) is 14.5. The van der Waals surface area contributed by atoms with Gasteiger partial charge >= 0.3 is 0 Å². The molecular weight excluding hydrogens is 485 g/mol. The molecule has 0 atom stereocenters. The van der Waals surface area contributed by atoms with E-state index in [0.717, 1.165) is 40.4 Å². The van der Waals surface area contributed by atoms with Crippen LogP contribution in [0.25, 0.3) is 21.8 Å². The average molecular weight is 514 g/mol. The number of amides is 1. The van der Waals surface area contributed by atoms with Crippen LogP contribution in [0.4, 0.5) is 4.39 Å². The molecule has 0 N–H and O–H groups in total. The molecule has 1 aliphatic heterocycles. The van der Waals surface area contributed by atoms with Crippen LogP contribution in [0.1, 0.15) is 61.1 Å². The van der Waals surface area contributed by atoms with Crippen molar-refractivity contribution in [2.24, 2.45) is 0 Å². The van der Waals surface area contributed by atoms with Crippen LogP contribution < -0.4 is 0 Å². The van der Waals surface area contributed by atoms with Crippen molar-refractivity contribution in [3.8, 4) is 27.9 Å². The highest BCUT2D eigenvalue weighted by molar-refractivity contribution is 7.13. The van der Waals surface area contributed by atoms with E-state index in [0.29, 0.717) is 24.2 Å². The second-order valence-corrected chi connectivity index (χ2v) is 11.2. The third kappa shape index (κ3) is 5.05. The van der Waals surface area contributed by atoms with Gasteiger partial charge in [0.05, 0.1) is 40.3 Å². The smallest absolute Gasteiger partial charge is 0.253 e. The van der Waals surface area contributed by atoms with Gasteiger partial charge in [0.15, 0.2) is 0 Å². The molecule has 6 nitrogen and oxygen atoms in total. The Morgan fingerprint density at radius 1 is 1.08 bits per heavy atom. The lowest BCUT2D eigenvalue weighted by Gasteiger charge is -2.31. The minimum Gasteiger partial charge on any atom is -0.339 e. The van der Waals surface area contributed by atoms with Crippen LogP contribution in [-0.2, 0) is 5.54 Å². The molecule has 4 aromatic rings. The summed E-state index contributed by atoms with van der Waals surface area (Å²) in [6.45, 7) is 7.61. The highest BCUT2D eigenvalue weighted by atomic mass is 32.1. The first kappa shape index (κ1) is 24.8. The molecule has 37 heavy (non-hydrogen) atoms. The second-order valence-electron chi connectivity index (χ2n) is 10.3. The van der Waals surface area contributed by atoms with Gasteiger partial charge in [0.1, 0.15) is 10.8 Å². The predicted octanol–water partition coefficient (Wildman–Crippen LogP) is 6.46. The summed E-state index contributed by atoms with van der Waals surface area (Å²) in [4.78, 5) is 19.8. The van der Waals surface area contributed by atoms with Gasteiger partial charge < -0.3 is 4.90 Å². The Hall–Kier alpha value is -3.83. The Kier molecular flexibility index (Phi) is 6.65. The van der Waals surface area contributed by atoms with Crippen molar-refractivity contribution in [1.29, 1.82) is 5.26 Å². The van der Waals surface area contributed by atoms with Gasteiger partial charge in [-0.05, 0) is 82.1 Å². The van der Waals surface area contributed by atoms with Crippen molar-refractivity contribution in [3.05, 3.63) is 82.7 Å². The number of carbonyl (C=O) groups is 1. The fourth-order valence-electron chi connectivity index (χ4n) is 4.74. The molecular formula is C29H28FN5OS. The van der Waals surface area contributed by atoms with Gasteiger partial charge in [0.2, 0.25) is 0 Å². The number of likely N-dealkylation sites (tertiary alicyclic amines) is 1. The number of nitriles is 1. The Morgan fingerprint density at radius 3 is 2.38 bits per heavy atom. The molecule has 2 aromatic carbocycles. The summed E-state index contributed by atoms with van der Waals surface area (Å²) in [6.07, 6.45) is 3.54. The molecule has 1 amide bonds. The molecule has 8 heteroatoms. The first-order chi connectivity index (χ1) is 17.7. The van der Waals surface area contributed by atoms with Crippen LogP contribution in [0.15, 0.2) is 60.1 Å². The van der Waals surface area contributed by atoms with E-state index in [9.17, 15) is 9.18 Å². The average Bonchev–Trinajstić information content (AvgIpc) is 3.57.